The van der Waals surface area contributed by atoms with Gasteiger partial charge in [0.1, 0.15) is 10.8 Å². The molecule has 0 N–H and O–H groups in total. The summed E-state index contributed by atoms with van der Waals surface area (Å²) in [5, 5.41) is 1.07. The molecule has 2 heterocycles. The van der Waals surface area contributed by atoms with Gasteiger partial charge < -0.3 is 4.42 Å². The minimum Gasteiger partial charge on any atom is -0.464 e. The number of thiazole rings is 1. The van der Waals surface area contributed by atoms with Crippen LogP contribution in [0.3, 0.4) is 0 Å². The molecule has 0 unspecified atom stereocenters. The Morgan fingerprint density at radius 3 is 2.56 bits per heavy atom. The van der Waals surface area contributed by atoms with E-state index >= 15 is 0 Å². The van der Waals surface area contributed by atoms with Crippen LogP contribution in [0.15, 0.2) is 47.1 Å². The summed E-state index contributed by atoms with van der Waals surface area (Å²) in [7, 11) is 0. The summed E-state index contributed by atoms with van der Waals surface area (Å²) in [6, 6.07) is 12.2. The van der Waals surface area contributed by atoms with E-state index in [-0.39, 0.29) is 0 Å². The molecular weight excluding hydrogens is 242 g/mol. The lowest BCUT2D eigenvalue weighted by Gasteiger charge is -2.00. The highest BCUT2D eigenvalue weighted by Gasteiger charge is 2.08. The minimum absolute atomic E-state index is 0.891. The average Bonchev–Trinajstić information content (AvgIpc) is 3.01. The van der Waals surface area contributed by atoms with Crippen LogP contribution in [-0.2, 0) is 0 Å². The molecule has 0 aliphatic rings. The van der Waals surface area contributed by atoms with Crippen molar-refractivity contribution in [1.82, 2.24) is 4.98 Å². The lowest BCUT2D eigenvalue weighted by Crippen LogP contribution is -1.79. The van der Waals surface area contributed by atoms with E-state index in [1.54, 1.807) is 17.6 Å². The van der Waals surface area contributed by atoms with Crippen molar-refractivity contribution in [1.29, 1.82) is 0 Å². The number of rotatable bonds is 2. The smallest absolute Gasteiger partial charge is 0.133 e. The highest BCUT2D eigenvalue weighted by atomic mass is 32.1. The first kappa shape index (κ1) is 11.2. The Hall–Kier alpha value is -1.87. The van der Waals surface area contributed by atoms with Gasteiger partial charge in [-0.1, -0.05) is 18.2 Å². The van der Waals surface area contributed by atoms with Crippen molar-refractivity contribution in [2.45, 2.75) is 13.8 Å². The van der Waals surface area contributed by atoms with Crippen molar-refractivity contribution < 1.29 is 4.42 Å². The zero-order valence-corrected chi connectivity index (χ0v) is 11.1. The van der Waals surface area contributed by atoms with E-state index in [1.165, 1.54) is 4.88 Å². The summed E-state index contributed by atoms with van der Waals surface area (Å²) >= 11 is 1.73. The van der Waals surface area contributed by atoms with Crippen LogP contribution in [0.2, 0.25) is 0 Å². The third kappa shape index (κ3) is 1.97. The van der Waals surface area contributed by atoms with E-state index < -0.39 is 0 Å². The molecule has 2 nitrogen and oxygen atoms in total. The summed E-state index contributed by atoms with van der Waals surface area (Å²) in [5.74, 6) is 0.891. The topological polar surface area (TPSA) is 26.0 Å². The van der Waals surface area contributed by atoms with Gasteiger partial charge in [0, 0.05) is 16.0 Å². The van der Waals surface area contributed by atoms with Gasteiger partial charge in [0.2, 0.25) is 0 Å². The highest BCUT2D eigenvalue weighted by Crippen LogP contribution is 2.30. The molecule has 3 aromatic rings. The number of nitrogens with zero attached hydrogens (tertiary/aromatic N) is 1. The third-order valence-corrected chi connectivity index (χ3v) is 4.07. The number of aryl methyl sites for hydroxylation is 2. The normalized spacial score (nSPS) is 10.8. The van der Waals surface area contributed by atoms with E-state index in [9.17, 15) is 0 Å². The SMILES string of the molecule is Cc1nc(-c2cccc(-c3ccco3)c2)sc1C. The second-order valence-corrected chi connectivity index (χ2v) is 5.42. The molecule has 18 heavy (non-hydrogen) atoms. The Labute approximate surface area is 110 Å². The van der Waals surface area contributed by atoms with E-state index in [4.69, 9.17) is 4.42 Å². The molecule has 0 fully saturated rings. The second kappa shape index (κ2) is 4.42. The van der Waals surface area contributed by atoms with Gasteiger partial charge in [-0.15, -0.1) is 11.3 Å². The van der Waals surface area contributed by atoms with Gasteiger partial charge >= 0.3 is 0 Å². The molecular formula is C15H13NOS. The van der Waals surface area contributed by atoms with Gasteiger partial charge in [0.15, 0.2) is 0 Å². The van der Waals surface area contributed by atoms with Gasteiger partial charge in [-0.2, -0.15) is 0 Å². The summed E-state index contributed by atoms with van der Waals surface area (Å²) in [5.41, 5.74) is 3.34. The van der Waals surface area contributed by atoms with Gasteiger partial charge in [-0.25, -0.2) is 4.98 Å². The molecule has 3 heteroatoms. The van der Waals surface area contributed by atoms with Crippen molar-refractivity contribution >= 4 is 11.3 Å². The second-order valence-electron chi connectivity index (χ2n) is 4.22. The Bertz CT molecular complexity index is 648. The Morgan fingerprint density at radius 2 is 1.89 bits per heavy atom. The quantitative estimate of drug-likeness (QED) is 0.664. The molecule has 90 valence electrons. The fourth-order valence-electron chi connectivity index (χ4n) is 1.84. The van der Waals surface area contributed by atoms with Crippen LogP contribution in [0.25, 0.3) is 21.9 Å². The Kier molecular flexibility index (Phi) is 2.76. The Morgan fingerprint density at radius 1 is 1.06 bits per heavy atom. The molecule has 0 saturated carbocycles. The summed E-state index contributed by atoms with van der Waals surface area (Å²) in [6.07, 6.45) is 1.69. The summed E-state index contributed by atoms with van der Waals surface area (Å²) in [6.45, 7) is 4.15. The highest BCUT2D eigenvalue weighted by molar-refractivity contribution is 7.15. The van der Waals surface area contributed by atoms with Crippen LogP contribution >= 0.6 is 11.3 Å². The average molecular weight is 255 g/mol. The van der Waals surface area contributed by atoms with Gasteiger partial charge in [-0.05, 0) is 32.0 Å². The number of aromatic nitrogens is 1. The van der Waals surface area contributed by atoms with Crippen LogP contribution in [-0.4, -0.2) is 4.98 Å². The first-order valence-corrected chi connectivity index (χ1v) is 6.64. The maximum atomic E-state index is 5.42. The largest absolute Gasteiger partial charge is 0.464 e. The molecule has 0 atom stereocenters. The predicted molar refractivity (Wildman–Crippen MR) is 74.7 cm³/mol. The first-order valence-electron chi connectivity index (χ1n) is 5.82. The van der Waals surface area contributed by atoms with Crippen molar-refractivity contribution in [3.63, 3.8) is 0 Å². The summed E-state index contributed by atoms with van der Waals surface area (Å²) in [4.78, 5) is 5.86. The van der Waals surface area contributed by atoms with Gasteiger partial charge in [0.05, 0.1) is 12.0 Å². The lowest BCUT2D eigenvalue weighted by molar-refractivity contribution is 0.582. The molecule has 0 spiro atoms. The fourth-order valence-corrected chi connectivity index (χ4v) is 2.76. The monoisotopic (exact) mass is 255 g/mol. The molecule has 0 amide bonds. The summed E-state index contributed by atoms with van der Waals surface area (Å²) < 4.78 is 5.42. The molecule has 0 saturated heterocycles. The van der Waals surface area contributed by atoms with Crippen LogP contribution in [0.4, 0.5) is 0 Å². The predicted octanol–water partition coefficient (Wildman–Crippen LogP) is 4.69. The van der Waals surface area contributed by atoms with Crippen molar-refractivity contribution in [3.8, 4) is 21.9 Å². The van der Waals surface area contributed by atoms with Gasteiger partial charge in [-0.3, -0.25) is 0 Å². The van der Waals surface area contributed by atoms with Crippen molar-refractivity contribution in [3.05, 3.63) is 53.2 Å². The maximum absolute atomic E-state index is 5.42. The lowest BCUT2D eigenvalue weighted by atomic mass is 10.1. The fraction of sp³-hybridized carbons (Fsp3) is 0.133. The van der Waals surface area contributed by atoms with Crippen LogP contribution in [0.5, 0.6) is 0 Å². The molecule has 1 aromatic carbocycles. The van der Waals surface area contributed by atoms with Gasteiger partial charge in [0.25, 0.3) is 0 Å². The van der Waals surface area contributed by atoms with Crippen molar-refractivity contribution in [2.75, 3.05) is 0 Å². The zero-order valence-electron chi connectivity index (χ0n) is 10.3. The van der Waals surface area contributed by atoms with E-state index in [2.05, 4.69) is 30.1 Å². The number of hydrogen-bond donors (Lipinski definition) is 0. The minimum atomic E-state index is 0.891. The molecule has 0 bridgehead atoms. The maximum Gasteiger partial charge on any atom is 0.133 e. The van der Waals surface area contributed by atoms with E-state index in [0.717, 1.165) is 27.6 Å². The zero-order chi connectivity index (χ0) is 12.5. The molecule has 0 aliphatic carbocycles. The molecule has 3 rings (SSSR count). The number of hydrogen-bond acceptors (Lipinski definition) is 3. The van der Waals surface area contributed by atoms with E-state index in [0.29, 0.717) is 0 Å². The van der Waals surface area contributed by atoms with Crippen LogP contribution in [0, 0.1) is 13.8 Å². The van der Waals surface area contributed by atoms with Crippen LogP contribution in [0.1, 0.15) is 10.6 Å². The van der Waals surface area contributed by atoms with E-state index in [1.807, 2.05) is 25.1 Å². The van der Waals surface area contributed by atoms with Crippen LogP contribution < -0.4 is 0 Å². The molecule has 2 aromatic heterocycles. The first-order chi connectivity index (χ1) is 8.74. The van der Waals surface area contributed by atoms with Crippen molar-refractivity contribution in [2.24, 2.45) is 0 Å². The Balaban J connectivity index is 2.06. The molecule has 0 radical (unpaired) electrons. The third-order valence-electron chi connectivity index (χ3n) is 2.94. The number of furan rings is 1. The molecule has 0 aliphatic heterocycles. The number of benzene rings is 1. The standard InChI is InChI=1S/C15H13NOS/c1-10-11(2)18-15(16-10)13-6-3-5-12(9-13)14-7-4-8-17-14/h3-9H,1-2H3.